The second-order valence-electron chi connectivity index (χ2n) is 3.73. The second kappa shape index (κ2) is 6.35. The van der Waals surface area contributed by atoms with E-state index < -0.39 is 10.8 Å². The maximum absolute atomic E-state index is 11.8. The SMILES string of the molecule is C/C=C/c1ccccc1N(C)C(=O)CS(C)=O. The molecule has 1 amide bonds. The Bertz CT molecular complexity index is 454. The highest BCUT2D eigenvalue weighted by Gasteiger charge is 2.14. The number of rotatable bonds is 4. The molecule has 3 nitrogen and oxygen atoms in total. The van der Waals surface area contributed by atoms with Gasteiger partial charge in [0, 0.05) is 24.1 Å². The van der Waals surface area contributed by atoms with Crippen LogP contribution in [0.2, 0.25) is 0 Å². The van der Waals surface area contributed by atoms with Gasteiger partial charge in [0.1, 0.15) is 5.75 Å². The first-order chi connectivity index (χ1) is 8.06. The van der Waals surface area contributed by atoms with E-state index in [9.17, 15) is 9.00 Å². The molecule has 1 aromatic rings. The molecule has 0 radical (unpaired) electrons. The van der Waals surface area contributed by atoms with E-state index in [4.69, 9.17) is 0 Å². The van der Waals surface area contributed by atoms with Crippen LogP contribution in [-0.4, -0.2) is 29.2 Å². The van der Waals surface area contributed by atoms with E-state index >= 15 is 0 Å². The zero-order valence-corrected chi connectivity index (χ0v) is 11.2. The number of nitrogens with zero attached hydrogens (tertiary/aromatic N) is 1. The van der Waals surface area contributed by atoms with Gasteiger partial charge in [0.25, 0.3) is 0 Å². The molecule has 1 aromatic carbocycles. The number of benzene rings is 1. The molecule has 92 valence electrons. The van der Waals surface area contributed by atoms with Gasteiger partial charge in [0.2, 0.25) is 5.91 Å². The van der Waals surface area contributed by atoms with Crippen LogP contribution in [0.1, 0.15) is 12.5 Å². The normalized spacial score (nSPS) is 12.6. The average Bonchev–Trinajstić information content (AvgIpc) is 2.28. The van der Waals surface area contributed by atoms with E-state index in [1.54, 1.807) is 11.9 Å². The first-order valence-electron chi connectivity index (χ1n) is 5.34. The van der Waals surface area contributed by atoms with Crippen LogP contribution in [0.3, 0.4) is 0 Å². The standard InChI is InChI=1S/C13H17NO2S/c1-4-7-11-8-5-6-9-12(11)14(2)13(15)10-17(3)16/h4-9H,10H2,1-3H3/b7-4+. The van der Waals surface area contributed by atoms with Crippen LogP contribution >= 0.6 is 0 Å². The molecule has 0 fully saturated rings. The zero-order valence-electron chi connectivity index (χ0n) is 10.3. The summed E-state index contributed by atoms with van der Waals surface area (Å²) < 4.78 is 11.1. The monoisotopic (exact) mass is 251 g/mol. The van der Waals surface area contributed by atoms with Crippen molar-refractivity contribution in [2.45, 2.75) is 6.92 Å². The number of carbonyl (C=O) groups excluding carboxylic acids is 1. The van der Waals surface area contributed by atoms with Gasteiger partial charge >= 0.3 is 0 Å². The van der Waals surface area contributed by atoms with Crippen LogP contribution < -0.4 is 4.90 Å². The first-order valence-corrected chi connectivity index (χ1v) is 7.07. The van der Waals surface area contributed by atoms with Crippen molar-refractivity contribution in [3.63, 3.8) is 0 Å². The molecule has 17 heavy (non-hydrogen) atoms. The van der Waals surface area contributed by atoms with Crippen LogP contribution in [0.4, 0.5) is 5.69 Å². The summed E-state index contributed by atoms with van der Waals surface area (Å²) in [5.41, 5.74) is 1.81. The molecule has 4 heteroatoms. The van der Waals surface area contributed by atoms with Crippen LogP contribution in [0.15, 0.2) is 30.3 Å². The Hall–Kier alpha value is -1.42. The lowest BCUT2D eigenvalue weighted by atomic mass is 10.1. The minimum absolute atomic E-state index is 0.0562. The number of hydrogen-bond donors (Lipinski definition) is 0. The molecule has 1 rings (SSSR count). The summed E-state index contributed by atoms with van der Waals surface area (Å²) >= 11 is 0. The number of allylic oxidation sites excluding steroid dienone is 1. The second-order valence-corrected chi connectivity index (χ2v) is 5.16. The lowest BCUT2D eigenvalue weighted by Crippen LogP contribution is -2.30. The van der Waals surface area contributed by atoms with Crippen molar-refractivity contribution in [3.05, 3.63) is 35.9 Å². The van der Waals surface area contributed by atoms with Gasteiger partial charge < -0.3 is 4.90 Å². The fourth-order valence-corrected chi connectivity index (χ4v) is 2.06. The lowest BCUT2D eigenvalue weighted by Gasteiger charge is -2.19. The molecule has 0 aliphatic heterocycles. The number of anilines is 1. The largest absolute Gasteiger partial charge is 0.314 e. The Morgan fingerprint density at radius 2 is 2.06 bits per heavy atom. The lowest BCUT2D eigenvalue weighted by molar-refractivity contribution is -0.115. The van der Waals surface area contributed by atoms with E-state index in [1.807, 2.05) is 43.3 Å². The highest BCUT2D eigenvalue weighted by molar-refractivity contribution is 7.85. The van der Waals surface area contributed by atoms with Crippen LogP contribution in [0.5, 0.6) is 0 Å². The van der Waals surface area contributed by atoms with Gasteiger partial charge in [0.15, 0.2) is 0 Å². The topological polar surface area (TPSA) is 37.4 Å². The van der Waals surface area contributed by atoms with Gasteiger partial charge in [0.05, 0.1) is 5.69 Å². The molecule has 0 aromatic heterocycles. The Balaban J connectivity index is 2.99. The van der Waals surface area contributed by atoms with Crippen molar-refractivity contribution in [1.29, 1.82) is 0 Å². The van der Waals surface area contributed by atoms with Crippen LogP contribution in [0.25, 0.3) is 6.08 Å². The van der Waals surface area contributed by atoms with Crippen molar-refractivity contribution in [2.75, 3.05) is 24.0 Å². The summed E-state index contributed by atoms with van der Waals surface area (Å²) in [7, 11) is 0.596. The molecule has 0 aliphatic carbocycles. The van der Waals surface area contributed by atoms with Gasteiger partial charge in [-0.15, -0.1) is 0 Å². The molecule has 0 saturated heterocycles. The van der Waals surface area contributed by atoms with Gasteiger partial charge in [-0.2, -0.15) is 0 Å². The minimum Gasteiger partial charge on any atom is -0.314 e. The summed E-state index contributed by atoms with van der Waals surface area (Å²) in [6.07, 6.45) is 5.40. The molecule has 0 bridgehead atoms. The summed E-state index contributed by atoms with van der Waals surface area (Å²) in [4.78, 5) is 13.4. The maximum Gasteiger partial charge on any atom is 0.239 e. The van der Waals surface area contributed by atoms with E-state index in [-0.39, 0.29) is 11.7 Å². The van der Waals surface area contributed by atoms with E-state index in [0.717, 1.165) is 11.3 Å². The summed E-state index contributed by atoms with van der Waals surface area (Å²) in [6.45, 7) is 1.93. The Morgan fingerprint density at radius 1 is 1.41 bits per heavy atom. The number of carbonyl (C=O) groups is 1. The zero-order chi connectivity index (χ0) is 12.8. The first kappa shape index (κ1) is 13.6. The summed E-state index contributed by atoms with van der Waals surface area (Å²) in [5.74, 6) is -0.0801. The fraction of sp³-hybridized carbons (Fsp3) is 0.308. The molecular formula is C13H17NO2S. The third-order valence-corrected chi connectivity index (χ3v) is 3.00. The van der Waals surface area contributed by atoms with Crippen molar-refractivity contribution in [3.8, 4) is 0 Å². The quantitative estimate of drug-likeness (QED) is 0.821. The molecule has 0 saturated carbocycles. The molecule has 1 unspecified atom stereocenters. The molecule has 0 heterocycles. The van der Waals surface area contributed by atoms with E-state index in [0.29, 0.717) is 0 Å². The van der Waals surface area contributed by atoms with Crippen LogP contribution in [0, 0.1) is 0 Å². The van der Waals surface area contributed by atoms with Gasteiger partial charge in [-0.25, -0.2) is 0 Å². The van der Waals surface area contributed by atoms with Crippen molar-refractivity contribution in [1.82, 2.24) is 0 Å². The van der Waals surface area contributed by atoms with Gasteiger partial charge in [-0.05, 0) is 18.6 Å². The van der Waals surface area contributed by atoms with Crippen molar-refractivity contribution in [2.24, 2.45) is 0 Å². The Morgan fingerprint density at radius 3 is 2.65 bits per heavy atom. The van der Waals surface area contributed by atoms with E-state index in [1.165, 1.54) is 6.26 Å². The van der Waals surface area contributed by atoms with E-state index in [2.05, 4.69) is 0 Å². The third-order valence-electron chi connectivity index (χ3n) is 2.35. The minimum atomic E-state index is -1.11. The number of amides is 1. The van der Waals surface area contributed by atoms with Crippen molar-refractivity contribution < 1.29 is 9.00 Å². The Labute approximate surface area is 105 Å². The highest BCUT2D eigenvalue weighted by Crippen LogP contribution is 2.20. The van der Waals surface area contributed by atoms with Crippen LogP contribution in [-0.2, 0) is 15.6 Å². The molecule has 0 aliphatic rings. The summed E-state index contributed by atoms with van der Waals surface area (Å²) in [6, 6.07) is 7.64. The molecular weight excluding hydrogens is 234 g/mol. The maximum atomic E-state index is 11.8. The third kappa shape index (κ3) is 3.82. The Kier molecular flexibility index (Phi) is 5.10. The number of hydrogen-bond acceptors (Lipinski definition) is 2. The average molecular weight is 251 g/mol. The fourth-order valence-electron chi connectivity index (χ4n) is 1.52. The number of para-hydroxylation sites is 1. The smallest absolute Gasteiger partial charge is 0.239 e. The molecule has 0 N–H and O–H groups in total. The predicted octanol–water partition coefficient (Wildman–Crippen LogP) is 2.06. The summed E-state index contributed by atoms with van der Waals surface area (Å²) in [5, 5.41) is 0. The van der Waals surface area contributed by atoms with Gasteiger partial charge in [-0.3, -0.25) is 9.00 Å². The van der Waals surface area contributed by atoms with Crippen molar-refractivity contribution >= 4 is 28.5 Å². The molecule has 1 atom stereocenters. The van der Waals surface area contributed by atoms with Gasteiger partial charge in [-0.1, -0.05) is 30.4 Å². The molecule has 0 spiro atoms. The predicted molar refractivity (Wildman–Crippen MR) is 73.5 cm³/mol. The highest BCUT2D eigenvalue weighted by atomic mass is 32.2.